The highest BCUT2D eigenvalue weighted by Crippen LogP contribution is 2.35. The zero-order chi connectivity index (χ0) is 21.3. The van der Waals surface area contributed by atoms with E-state index in [9.17, 15) is 13.5 Å². The third-order valence-electron chi connectivity index (χ3n) is 5.51. The van der Waals surface area contributed by atoms with Gasteiger partial charge < -0.3 is 19.6 Å². The maximum atomic E-state index is 13.2. The van der Waals surface area contributed by atoms with Crippen LogP contribution in [0.2, 0.25) is 0 Å². The van der Waals surface area contributed by atoms with Crippen LogP contribution in [0.4, 0.5) is 0 Å². The van der Waals surface area contributed by atoms with Gasteiger partial charge in [0.15, 0.2) is 0 Å². The Bertz CT molecular complexity index is 1060. The average Bonchev–Trinajstić information content (AvgIpc) is 3.41. The van der Waals surface area contributed by atoms with Crippen molar-refractivity contribution in [1.82, 2.24) is 9.97 Å². The number of H-pyrrole nitrogens is 1. The number of aliphatic hydroxyl groups is 1. The van der Waals surface area contributed by atoms with Crippen LogP contribution in [-0.4, -0.2) is 49.1 Å². The van der Waals surface area contributed by atoms with Crippen molar-refractivity contribution in [3.05, 3.63) is 48.5 Å². The van der Waals surface area contributed by atoms with Crippen LogP contribution in [-0.2, 0) is 9.84 Å². The van der Waals surface area contributed by atoms with Gasteiger partial charge in [0.25, 0.3) is 0 Å². The van der Waals surface area contributed by atoms with Crippen molar-refractivity contribution in [3.8, 4) is 34.0 Å². The van der Waals surface area contributed by atoms with Gasteiger partial charge >= 0.3 is 0 Å². The van der Waals surface area contributed by atoms with Crippen molar-refractivity contribution < 1.29 is 23.0 Å². The second-order valence-corrected chi connectivity index (χ2v) is 9.39. The molecule has 0 spiro atoms. The molecule has 2 atom stereocenters. The molecule has 0 saturated heterocycles. The lowest BCUT2D eigenvalue weighted by molar-refractivity contribution is 0.185. The Morgan fingerprint density at radius 1 is 0.933 bits per heavy atom. The Morgan fingerprint density at radius 3 is 2.00 bits per heavy atom. The fraction of sp³-hybridized carbons (Fsp3) is 0.318. The molecular formula is C22H24N2O5S. The fourth-order valence-electron chi connectivity index (χ4n) is 3.82. The number of rotatable bonds is 6. The SMILES string of the molecule is COc1ccc(-c2nc(S(=O)(=O)C3CCCC3O)[nH]c2-c2ccc(OC)cc2)cc1. The van der Waals surface area contributed by atoms with Crippen LogP contribution < -0.4 is 9.47 Å². The van der Waals surface area contributed by atoms with Crippen LogP contribution in [0.1, 0.15) is 19.3 Å². The molecule has 2 unspecified atom stereocenters. The predicted molar refractivity (Wildman–Crippen MR) is 113 cm³/mol. The number of ether oxygens (including phenoxy) is 2. The third kappa shape index (κ3) is 3.68. The zero-order valence-corrected chi connectivity index (χ0v) is 17.6. The summed E-state index contributed by atoms with van der Waals surface area (Å²) in [6.07, 6.45) is 0.734. The van der Waals surface area contributed by atoms with E-state index in [2.05, 4.69) is 9.97 Å². The average molecular weight is 429 g/mol. The number of aliphatic hydroxyl groups excluding tert-OH is 1. The van der Waals surface area contributed by atoms with Gasteiger partial charge in [0, 0.05) is 11.1 Å². The summed E-state index contributed by atoms with van der Waals surface area (Å²) in [6.45, 7) is 0. The van der Waals surface area contributed by atoms with E-state index in [0.717, 1.165) is 11.1 Å². The van der Waals surface area contributed by atoms with Gasteiger partial charge in [-0.3, -0.25) is 0 Å². The summed E-state index contributed by atoms with van der Waals surface area (Å²) in [5.74, 6) is 1.40. The Hall–Kier alpha value is -2.84. The van der Waals surface area contributed by atoms with Gasteiger partial charge in [-0.25, -0.2) is 13.4 Å². The van der Waals surface area contributed by atoms with Crippen molar-refractivity contribution >= 4 is 9.84 Å². The summed E-state index contributed by atoms with van der Waals surface area (Å²) >= 11 is 0. The summed E-state index contributed by atoms with van der Waals surface area (Å²) in [6, 6.07) is 14.6. The number of hydrogen-bond acceptors (Lipinski definition) is 6. The van der Waals surface area contributed by atoms with Gasteiger partial charge in [-0.2, -0.15) is 0 Å². The second-order valence-electron chi connectivity index (χ2n) is 7.30. The number of nitrogens with zero attached hydrogens (tertiary/aromatic N) is 1. The Balaban J connectivity index is 1.84. The lowest BCUT2D eigenvalue weighted by Crippen LogP contribution is -2.29. The minimum Gasteiger partial charge on any atom is -0.497 e. The molecule has 0 bridgehead atoms. The molecule has 1 aliphatic rings. The number of hydrogen-bond donors (Lipinski definition) is 2. The molecule has 1 fully saturated rings. The number of sulfone groups is 1. The van der Waals surface area contributed by atoms with Gasteiger partial charge in [-0.1, -0.05) is 0 Å². The first-order chi connectivity index (χ1) is 14.4. The summed E-state index contributed by atoms with van der Waals surface area (Å²) in [5.41, 5.74) is 2.65. The largest absolute Gasteiger partial charge is 0.497 e. The minimum absolute atomic E-state index is 0.120. The topological polar surface area (TPSA) is 102 Å². The highest BCUT2D eigenvalue weighted by molar-refractivity contribution is 7.92. The lowest BCUT2D eigenvalue weighted by Gasteiger charge is -2.13. The Kier molecular flexibility index (Phi) is 5.53. The molecule has 0 aliphatic heterocycles. The first kappa shape index (κ1) is 20.4. The Labute approximate surface area is 175 Å². The maximum absolute atomic E-state index is 13.2. The quantitative estimate of drug-likeness (QED) is 0.624. The first-order valence-electron chi connectivity index (χ1n) is 9.75. The number of benzene rings is 2. The van der Waals surface area contributed by atoms with E-state index in [0.29, 0.717) is 42.1 Å². The summed E-state index contributed by atoms with van der Waals surface area (Å²) in [5, 5.41) is 9.21. The van der Waals surface area contributed by atoms with Crippen LogP contribution in [0.5, 0.6) is 11.5 Å². The molecule has 2 N–H and O–H groups in total. The highest BCUT2D eigenvalue weighted by Gasteiger charge is 2.39. The van der Waals surface area contributed by atoms with Crippen molar-refractivity contribution in [2.75, 3.05) is 14.2 Å². The minimum atomic E-state index is -3.80. The normalized spacial score (nSPS) is 19.0. The van der Waals surface area contributed by atoms with Gasteiger partial charge in [0.1, 0.15) is 11.5 Å². The summed E-state index contributed by atoms with van der Waals surface area (Å²) in [4.78, 5) is 7.50. The second kappa shape index (κ2) is 8.12. The smallest absolute Gasteiger partial charge is 0.226 e. The molecule has 1 aliphatic carbocycles. The van der Waals surface area contributed by atoms with Crippen LogP contribution in [0.25, 0.3) is 22.5 Å². The lowest BCUT2D eigenvalue weighted by atomic mass is 10.0. The molecule has 0 amide bonds. The molecular weight excluding hydrogens is 404 g/mol. The van der Waals surface area contributed by atoms with Crippen LogP contribution in [0.15, 0.2) is 53.7 Å². The third-order valence-corrected chi connectivity index (χ3v) is 7.59. The zero-order valence-electron chi connectivity index (χ0n) is 16.8. The van der Waals surface area contributed by atoms with E-state index in [1.807, 2.05) is 36.4 Å². The first-order valence-corrected chi connectivity index (χ1v) is 11.3. The van der Waals surface area contributed by atoms with E-state index in [1.54, 1.807) is 26.4 Å². The molecule has 8 heteroatoms. The van der Waals surface area contributed by atoms with E-state index in [-0.39, 0.29) is 5.16 Å². The fourth-order valence-corrected chi connectivity index (χ4v) is 5.60. The molecule has 1 heterocycles. The van der Waals surface area contributed by atoms with Crippen molar-refractivity contribution in [3.63, 3.8) is 0 Å². The molecule has 0 radical (unpaired) electrons. The van der Waals surface area contributed by atoms with Gasteiger partial charge in [0.05, 0.1) is 37.0 Å². The van der Waals surface area contributed by atoms with E-state index >= 15 is 0 Å². The predicted octanol–water partition coefficient (Wildman–Crippen LogP) is 3.45. The van der Waals surface area contributed by atoms with Gasteiger partial charge in [-0.15, -0.1) is 0 Å². The standard InChI is InChI=1S/C22H24N2O5S/c1-28-16-10-6-14(7-11-16)20-21(15-8-12-17(29-2)13-9-15)24-22(23-20)30(26,27)19-5-3-4-18(19)25/h6-13,18-19,25H,3-5H2,1-2H3,(H,23,24). The number of aromatic nitrogens is 2. The molecule has 1 saturated carbocycles. The number of methoxy groups -OCH3 is 2. The molecule has 158 valence electrons. The van der Waals surface area contributed by atoms with Gasteiger partial charge in [0.2, 0.25) is 15.0 Å². The Morgan fingerprint density at radius 2 is 1.50 bits per heavy atom. The van der Waals surface area contributed by atoms with Crippen LogP contribution >= 0.6 is 0 Å². The summed E-state index contributed by atoms with van der Waals surface area (Å²) in [7, 11) is -0.621. The number of nitrogens with one attached hydrogen (secondary N) is 1. The monoisotopic (exact) mass is 428 g/mol. The van der Waals surface area contributed by atoms with Gasteiger partial charge in [-0.05, 0) is 67.8 Å². The molecule has 2 aromatic carbocycles. The molecule has 7 nitrogen and oxygen atoms in total. The molecule has 30 heavy (non-hydrogen) atoms. The van der Waals surface area contributed by atoms with E-state index in [1.165, 1.54) is 0 Å². The molecule has 1 aromatic heterocycles. The van der Waals surface area contributed by atoms with Crippen LogP contribution in [0.3, 0.4) is 0 Å². The molecule has 4 rings (SSSR count). The maximum Gasteiger partial charge on any atom is 0.226 e. The molecule has 3 aromatic rings. The number of aromatic amines is 1. The van der Waals surface area contributed by atoms with Crippen molar-refractivity contribution in [2.45, 2.75) is 35.8 Å². The van der Waals surface area contributed by atoms with E-state index in [4.69, 9.17) is 9.47 Å². The van der Waals surface area contributed by atoms with Crippen molar-refractivity contribution in [1.29, 1.82) is 0 Å². The summed E-state index contributed by atoms with van der Waals surface area (Å²) < 4.78 is 36.8. The number of imidazole rings is 1. The van der Waals surface area contributed by atoms with Crippen LogP contribution in [0, 0.1) is 0 Å². The van der Waals surface area contributed by atoms with Crippen molar-refractivity contribution in [2.24, 2.45) is 0 Å². The van der Waals surface area contributed by atoms with E-state index < -0.39 is 21.2 Å². The highest BCUT2D eigenvalue weighted by atomic mass is 32.2.